The van der Waals surface area contributed by atoms with Gasteiger partial charge >= 0.3 is 0 Å². The van der Waals surface area contributed by atoms with E-state index in [4.69, 9.17) is 14.4 Å². The second-order valence-electron chi connectivity index (χ2n) is 5.08. The molecule has 124 valence electrons. The van der Waals surface area contributed by atoms with Crippen molar-refractivity contribution in [1.29, 1.82) is 5.26 Å². The van der Waals surface area contributed by atoms with E-state index in [1.54, 1.807) is 13.2 Å². The molecule has 0 unspecified atom stereocenters. The summed E-state index contributed by atoms with van der Waals surface area (Å²) in [6.07, 6.45) is 1.43. The van der Waals surface area contributed by atoms with Crippen molar-refractivity contribution in [3.05, 3.63) is 51.7 Å². The van der Waals surface area contributed by atoms with Crippen molar-refractivity contribution in [3.8, 4) is 17.4 Å². The van der Waals surface area contributed by atoms with Gasteiger partial charge in [0.15, 0.2) is 0 Å². The van der Waals surface area contributed by atoms with Crippen LogP contribution < -0.4 is 5.32 Å². The minimum Gasteiger partial charge on any atom is -0.457 e. The summed E-state index contributed by atoms with van der Waals surface area (Å²) in [4.78, 5) is 11.9. The Bertz CT molecular complexity index is 803. The number of methoxy groups -OCH3 is 1. The van der Waals surface area contributed by atoms with E-state index in [9.17, 15) is 4.79 Å². The average molecular weight is 389 g/mol. The molecule has 1 heterocycles. The minimum absolute atomic E-state index is 0.0148. The third-order valence-electron chi connectivity index (χ3n) is 3.31. The number of nitrogens with one attached hydrogen (secondary N) is 1. The number of nitrogens with zero attached hydrogens (tertiary/aromatic N) is 1. The molecule has 0 fully saturated rings. The van der Waals surface area contributed by atoms with Gasteiger partial charge in [-0.25, -0.2) is 0 Å². The monoisotopic (exact) mass is 388 g/mol. The number of carbonyl (C=O) groups is 1. The van der Waals surface area contributed by atoms with Gasteiger partial charge in [0.2, 0.25) is 0 Å². The van der Waals surface area contributed by atoms with Crippen molar-refractivity contribution >= 4 is 27.9 Å². The van der Waals surface area contributed by atoms with E-state index in [1.165, 1.54) is 6.08 Å². The van der Waals surface area contributed by atoms with Crippen molar-refractivity contribution in [2.45, 2.75) is 6.92 Å². The number of furan rings is 1. The fourth-order valence-corrected chi connectivity index (χ4v) is 2.28. The van der Waals surface area contributed by atoms with Crippen LogP contribution in [0.2, 0.25) is 0 Å². The van der Waals surface area contributed by atoms with Crippen molar-refractivity contribution < 1.29 is 13.9 Å². The summed E-state index contributed by atoms with van der Waals surface area (Å²) in [5, 5.41) is 11.8. The molecule has 1 N–H and O–H groups in total. The lowest BCUT2D eigenvalue weighted by Gasteiger charge is -2.02. The molecule has 24 heavy (non-hydrogen) atoms. The van der Waals surface area contributed by atoms with E-state index in [2.05, 4.69) is 21.2 Å². The largest absolute Gasteiger partial charge is 0.457 e. The molecular weight excluding hydrogens is 372 g/mol. The normalized spacial score (nSPS) is 11.2. The highest BCUT2D eigenvalue weighted by atomic mass is 79.9. The van der Waals surface area contributed by atoms with Gasteiger partial charge in [0.05, 0.1) is 6.61 Å². The molecule has 6 heteroatoms. The van der Waals surface area contributed by atoms with Crippen LogP contribution in [0.4, 0.5) is 0 Å². The standard InChI is InChI=1S/C18H17BrN2O3/c1-12-9-13(3-5-16(12)19)17-6-4-15(24-17)10-14(11-20)18(22)21-7-8-23-2/h3-6,9-10H,7-8H2,1-2H3,(H,21,22). The number of ether oxygens (including phenoxy) is 1. The smallest absolute Gasteiger partial charge is 0.262 e. The highest BCUT2D eigenvalue weighted by Gasteiger charge is 2.11. The minimum atomic E-state index is -0.452. The number of nitriles is 1. The number of hydrogen-bond donors (Lipinski definition) is 1. The van der Waals surface area contributed by atoms with Crippen LogP contribution >= 0.6 is 15.9 Å². The lowest BCUT2D eigenvalue weighted by Crippen LogP contribution is -2.27. The van der Waals surface area contributed by atoms with Gasteiger partial charge in [0.25, 0.3) is 5.91 Å². The van der Waals surface area contributed by atoms with Crippen LogP contribution in [-0.2, 0) is 9.53 Å². The van der Waals surface area contributed by atoms with Gasteiger partial charge < -0.3 is 14.5 Å². The molecule has 0 aliphatic rings. The molecule has 0 saturated heterocycles. The maximum absolute atomic E-state index is 11.9. The Morgan fingerprint density at radius 3 is 2.88 bits per heavy atom. The number of benzene rings is 1. The highest BCUT2D eigenvalue weighted by molar-refractivity contribution is 9.10. The highest BCUT2D eigenvalue weighted by Crippen LogP contribution is 2.27. The van der Waals surface area contributed by atoms with Crippen LogP contribution in [0, 0.1) is 18.3 Å². The first kappa shape index (κ1) is 18.0. The molecule has 0 aliphatic heterocycles. The van der Waals surface area contributed by atoms with E-state index in [0.717, 1.165) is 15.6 Å². The number of halogens is 1. The second kappa shape index (κ2) is 8.48. The zero-order chi connectivity index (χ0) is 17.5. The number of rotatable bonds is 6. The molecule has 0 atom stereocenters. The Balaban J connectivity index is 2.18. The number of aryl methyl sites for hydroxylation is 1. The topological polar surface area (TPSA) is 75.3 Å². The van der Waals surface area contributed by atoms with Crippen molar-refractivity contribution in [2.75, 3.05) is 20.3 Å². The maximum Gasteiger partial charge on any atom is 0.262 e. The molecule has 0 bridgehead atoms. The van der Waals surface area contributed by atoms with E-state index in [0.29, 0.717) is 24.7 Å². The molecule has 1 amide bonds. The lowest BCUT2D eigenvalue weighted by atomic mass is 10.1. The van der Waals surface area contributed by atoms with Gasteiger partial charge in [-0.1, -0.05) is 22.0 Å². The fourth-order valence-electron chi connectivity index (χ4n) is 2.04. The van der Waals surface area contributed by atoms with Crippen molar-refractivity contribution in [2.24, 2.45) is 0 Å². The van der Waals surface area contributed by atoms with Gasteiger partial charge in [-0.3, -0.25) is 4.79 Å². The first-order chi connectivity index (χ1) is 11.5. The molecule has 1 aromatic carbocycles. The molecular formula is C18H17BrN2O3. The summed E-state index contributed by atoms with van der Waals surface area (Å²) in [6.45, 7) is 2.73. The summed E-state index contributed by atoms with van der Waals surface area (Å²) in [5.74, 6) is 0.671. The third kappa shape index (κ3) is 4.57. The molecule has 0 saturated carbocycles. The van der Waals surface area contributed by atoms with Crippen LogP contribution in [0.15, 0.2) is 44.8 Å². The number of hydrogen-bond acceptors (Lipinski definition) is 4. The predicted molar refractivity (Wildman–Crippen MR) is 95.1 cm³/mol. The van der Waals surface area contributed by atoms with Gasteiger partial charge in [-0.2, -0.15) is 5.26 Å². The van der Waals surface area contributed by atoms with E-state index in [1.807, 2.05) is 37.3 Å². The Kier molecular flexibility index (Phi) is 6.36. The quantitative estimate of drug-likeness (QED) is 0.465. The van der Waals surface area contributed by atoms with E-state index in [-0.39, 0.29) is 5.57 Å². The summed E-state index contributed by atoms with van der Waals surface area (Å²) in [6, 6.07) is 11.3. The van der Waals surface area contributed by atoms with E-state index >= 15 is 0 Å². The summed E-state index contributed by atoms with van der Waals surface area (Å²) in [5.41, 5.74) is 2.01. The molecule has 2 rings (SSSR count). The maximum atomic E-state index is 11.9. The Hall–Kier alpha value is -2.36. The van der Waals surface area contributed by atoms with Crippen molar-refractivity contribution in [3.63, 3.8) is 0 Å². The molecule has 0 radical (unpaired) electrons. The van der Waals surface area contributed by atoms with Gasteiger partial charge in [0.1, 0.15) is 23.2 Å². The SMILES string of the molecule is COCCNC(=O)C(C#N)=Cc1ccc(-c2ccc(Br)c(C)c2)o1. The number of carbonyl (C=O) groups excluding carboxylic acids is 1. The Morgan fingerprint density at radius 2 is 2.21 bits per heavy atom. The fraction of sp³-hybridized carbons (Fsp3) is 0.222. The molecule has 1 aromatic heterocycles. The van der Waals surface area contributed by atoms with Crippen LogP contribution in [0.1, 0.15) is 11.3 Å². The van der Waals surface area contributed by atoms with Gasteiger partial charge in [0, 0.05) is 29.8 Å². The molecule has 0 aliphatic carbocycles. The Labute approximate surface area is 149 Å². The summed E-state index contributed by atoms with van der Waals surface area (Å²) in [7, 11) is 1.54. The number of amides is 1. The van der Waals surface area contributed by atoms with Crippen LogP contribution in [0.3, 0.4) is 0 Å². The first-order valence-electron chi connectivity index (χ1n) is 7.30. The van der Waals surface area contributed by atoms with E-state index < -0.39 is 5.91 Å². The Morgan fingerprint density at radius 1 is 1.42 bits per heavy atom. The van der Waals surface area contributed by atoms with Crippen molar-refractivity contribution in [1.82, 2.24) is 5.32 Å². The average Bonchev–Trinajstić information content (AvgIpc) is 3.04. The van der Waals surface area contributed by atoms with Crippen LogP contribution in [-0.4, -0.2) is 26.2 Å². The van der Waals surface area contributed by atoms with Gasteiger partial charge in [-0.15, -0.1) is 0 Å². The second-order valence-corrected chi connectivity index (χ2v) is 5.94. The summed E-state index contributed by atoms with van der Waals surface area (Å²) >= 11 is 3.46. The van der Waals surface area contributed by atoms with Gasteiger partial charge in [-0.05, 0) is 36.8 Å². The van der Waals surface area contributed by atoms with Crippen LogP contribution in [0.25, 0.3) is 17.4 Å². The zero-order valence-corrected chi connectivity index (χ0v) is 15.0. The molecule has 0 spiro atoms. The molecule has 5 nitrogen and oxygen atoms in total. The lowest BCUT2D eigenvalue weighted by molar-refractivity contribution is -0.117. The zero-order valence-electron chi connectivity index (χ0n) is 13.4. The summed E-state index contributed by atoms with van der Waals surface area (Å²) < 4.78 is 11.6. The molecule has 2 aromatic rings. The third-order valence-corrected chi connectivity index (χ3v) is 4.20. The predicted octanol–water partition coefficient (Wildman–Crippen LogP) is 3.69. The van der Waals surface area contributed by atoms with Crippen LogP contribution in [0.5, 0.6) is 0 Å². The first-order valence-corrected chi connectivity index (χ1v) is 8.09.